The lowest BCUT2D eigenvalue weighted by molar-refractivity contribution is -0.259. The summed E-state index contributed by atoms with van der Waals surface area (Å²) in [5, 5.41) is 9.11. The fraction of sp³-hybridized carbons (Fsp3) is 0.333. The molecule has 0 saturated heterocycles. The summed E-state index contributed by atoms with van der Waals surface area (Å²) in [6.45, 7) is 0.406. The zero-order valence-electron chi connectivity index (χ0n) is 7.57. The Morgan fingerprint density at radius 2 is 1.67 bits per heavy atom. The van der Waals surface area contributed by atoms with Crippen molar-refractivity contribution in [3.05, 3.63) is 35.4 Å². The molecule has 6 heteroatoms. The van der Waals surface area contributed by atoms with Crippen LogP contribution in [0.4, 0.5) is 22.0 Å². The molecule has 1 nitrogen and oxygen atoms in total. The second kappa shape index (κ2) is 3.44. The van der Waals surface area contributed by atoms with Gasteiger partial charge in [0.2, 0.25) is 0 Å². The van der Waals surface area contributed by atoms with Crippen molar-refractivity contribution in [1.82, 2.24) is 0 Å². The molecule has 1 aromatic carbocycles. The molecule has 0 heterocycles. The van der Waals surface area contributed by atoms with Crippen molar-refractivity contribution in [2.75, 3.05) is 0 Å². The number of aliphatic hydroxyl groups is 1. The van der Waals surface area contributed by atoms with E-state index in [-0.39, 0.29) is 6.07 Å². The van der Waals surface area contributed by atoms with E-state index in [1.165, 1.54) is 0 Å². The summed E-state index contributed by atoms with van der Waals surface area (Å²) in [7, 11) is 0. The zero-order chi connectivity index (χ0) is 11.9. The lowest BCUT2D eigenvalue weighted by Gasteiger charge is -2.26. The summed E-state index contributed by atoms with van der Waals surface area (Å²) in [5.41, 5.74) is -4.33. The van der Waals surface area contributed by atoms with E-state index in [2.05, 4.69) is 0 Å². The van der Waals surface area contributed by atoms with Crippen molar-refractivity contribution >= 4 is 0 Å². The van der Waals surface area contributed by atoms with Crippen molar-refractivity contribution in [1.29, 1.82) is 0 Å². The second-order valence-electron chi connectivity index (χ2n) is 3.19. The van der Waals surface area contributed by atoms with Gasteiger partial charge in [0.15, 0.2) is 5.60 Å². The number of hydrogen-bond acceptors (Lipinski definition) is 1. The van der Waals surface area contributed by atoms with Crippen LogP contribution in [0.3, 0.4) is 0 Å². The van der Waals surface area contributed by atoms with Gasteiger partial charge in [0, 0.05) is 11.6 Å². The predicted octanol–water partition coefficient (Wildman–Crippen LogP) is 2.73. The van der Waals surface area contributed by atoms with Crippen LogP contribution in [0.25, 0.3) is 0 Å². The number of halogens is 5. The molecule has 1 atom stereocenters. The van der Waals surface area contributed by atoms with Gasteiger partial charge < -0.3 is 5.11 Å². The number of benzene rings is 1. The van der Waals surface area contributed by atoms with Crippen LogP contribution in [0.2, 0.25) is 0 Å². The first-order valence-corrected chi connectivity index (χ1v) is 3.91. The molecule has 0 spiro atoms. The van der Waals surface area contributed by atoms with Crippen molar-refractivity contribution in [2.24, 2.45) is 0 Å². The van der Waals surface area contributed by atoms with Gasteiger partial charge in [-0.15, -0.1) is 0 Å². The van der Waals surface area contributed by atoms with Crippen molar-refractivity contribution in [3.63, 3.8) is 0 Å². The minimum Gasteiger partial charge on any atom is -0.376 e. The Labute approximate surface area is 82.1 Å². The molecule has 1 rings (SSSR count). The van der Waals surface area contributed by atoms with Crippen LogP contribution >= 0.6 is 0 Å². The van der Waals surface area contributed by atoms with E-state index in [0.717, 1.165) is 0 Å². The van der Waals surface area contributed by atoms with Crippen LogP contribution in [0.5, 0.6) is 0 Å². The topological polar surface area (TPSA) is 20.2 Å². The van der Waals surface area contributed by atoms with Gasteiger partial charge in [-0.05, 0) is 19.1 Å². The normalized spacial score (nSPS) is 16.2. The summed E-state index contributed by atoms with van der Waals surface area (Å²) in [6.07, 6.45) is -5.02. The van der Waals surface area contributed by atoms with Crippen LogP contribution < -0.4 is 0 Å². The van der Waals surface area contributed by atoms with E-state index in [0.29, 0.717) is 19.1 Å². The molecule has 0 fully saturated rings. The van der Waals surface area contributed by atoms with Crippen LogP contribution in [0.1, 0.15) is 12.5 Å². The maximum absolute atomic E-state index is 13.0. The Balaban J connectivity index is 3.28. The molecule has 1 aromatic rings. The van der Waals surface area contributed by atoms with E-state index < -0.39 is 29.0 Å². The quantitative estimate of drug-likeness (QED) is 0.730. The Morgan fingerprint density at radius 1 is 1.13 bits per heavy atom. The first-order valence-electron chi connectivity index (χ1n) is 3.91. The van der Waals surface area contributed by atoms with Crippen LogP contribution in [-0.4, -0.2) is 11.3 Å². The minimum absolute atomic E-state index is 0.287. The molecule has 0 aliphatic rings. The first kappa shape index (κ1) is 11.9. The Morgan fingerprint density at radius 3 is 2.07 bits per heavy atom. The average molecular weight is 226 g/mol. The largest absolute Gasteiger partial charge is 0.421 e. The minimum atomic E-state index is -5.02. The lowest BCUT2D eigenvalue weighted by Crippen LogP contribution is -2.40. The third-order valence-corrected chi connectivity index (χ3v) is 2.01. The molecule has 0 amide bonds. The fourth-order valence-electron chi connectivity index (χ4n) is 1.04. The van der Waals surface area contributed by atoms with Gasteiger partial charge in [0.1, 0.15) is 11.6 Å². The predicted molar refractivity (Wildman–Crippen MR) is 42.0 cm³/mol. The van der Waals surface area contributed by atoms with Gasteiger partial charge in [0.05, 0.1) is 0 Å². The highest BCUT2D eigenvalue weighted by atomic mass is 19.4. The molecule has 15 heavy (non-hydrogen) atoms. The fourth-order valence-corrected chi connectivity index (χ4v) is 1.04. The molecule has 84 valence electrons. The van der Waals surface area contributed by atoms with Crippen molar-refractivity contribution < 1.29 is 27.1 Å². The summed E-state index contributed by atoms with van der Waals surface area (Å²) >= 11 is 0. The Bertz CT molecular complexity index is 369. The van der Waals surface area contributed by atoms with Gasteiger partial charge in [-0.25, -0.2) is 8.78 Å². The van der Waals surface area contributed by atoms with E-state index in [4.69, 9.17) is 5.11 Å². The third-order valence-electron chi connectivity index (χ3n) is 2.01. The SMILES string of the molecule is C[C@](O)(c1ccc(F)cc1F)C(F)(F)F. The smallest absolute Gasteiger partial charge is 0.376 e. The number of alkyl halides is 3. The Kier molecular flexibility index (Phi) is 2.73. The number of rotatable bonds is 1. The molecule has 1 N–H and O–H groups in total. The molecular formula is C9H7F5O. The van der Waals surface area contributed by atoms with Gasteiger partial charge in [-0.2, -0.15) is 13.2 Å². The van der Waals surface area contributed by atoms with Gasteiger partial charge in [0.25, 0.3) is 0 Å². The molecule has 0 unspecified atom stereocenters. The van der Waals surface area contributed by atoms with Crippen LogP contribution in [-0.2, 0) is 5.60 Å². The molecule has 0 bridgehead atoms. The first-order chi connectivity index (χ1) is 6.66. The lowest BCUT2D eigenvalue weighted by atomic mass is 9.95. The van der Waals surface area contributed by atoms with E-state index in [1.807, 2.05) is 0 Å². The monoisotopic (exact) mass is 226 g/mol. The Hall–Kier alpha value is -1.17. The molecule has 0 saturated carbocycles. The highest BCUT2D eigenvalue weighted by molar-refractivity contribution is 5.25. The molecule has 0 aromatic heterocycles. The van der Waals surface area contributed by atoms with E-state index in [9.17, 15) is 22.0 Å². The van der Waals surface area contributed by atoms with Crippen LogP contribution in [0, 0.1) is 11.6 Å². The molecular weight excluding hydrogens is 219 g/mol. The van der Waals surface area contributed by atoms with Gasteiger partial charge >= 0.3 is 6.18 Å². The molecule has 0 aliphatic heterocycles. The van der Waals surface area contributed by atoms with Gasteiger partial charge in [-0.1, -0.05) is 0 Å². The highest BCUT2D eigenvalue weighted by Gasteiger charge is 2.52. The van der Waals surface area contributed by atoms with Crippen molar-refractivity contribution in [3.8, 4) is 0 Å². The van der Waals surface area contributed by atoms with Crippen molar-refractivity contribution in [2.45, 2.75) is 18.7 Å². The third kappa shape index (κ3) is 2.09. The summed E-state index contributed by atoms with van der Waals surface area (Å²) in [6, 6.07) is 1.51. The van der Waals surface area contributed by atoms with E-state index >= 15 is 0 Å². The number of hydrogen-bond donors (Lipinski definition) is 1. The van der Waals surface area contributed by atoms with E-state index in [1.54, 1.807) is 0 Å². The summed E-state index contributed by atoms with van der Waals surface area (Å²) in [4.78, 5) is 0. The maximum atomic E-state index is 13.0. The maximum Gasteiger partial charge on any atom is 0.421 e. The molecule has 0 radical (unpaired) electrons. The second-order valence-corrected chi connectivity index (χ2v) is 3.19. The average Bonchev–Trinajstić information content (AvgIpc) is 2.00. The summed E-state index contributed by atoms with van der Waals surface area (Å²) in [5.74, 6) is -2.44. The van der Waals surface area contributed by atoms with Gasteiger partial charge in [-0.3, -0.25) is 0 Å². The zero-order valence-corrected chi connectivity index (χ0v) is 7.57. The van der Waals surface area contributed by atoms with Crippen LogP contribution in [0.15, 0.2) is 18.2 Å². The standard InChI is InChI=1S/C9H7F5O/c1-8(15,9(12,13)14)6-3-2-5(10)4-7(6)11/h2-4,15H,1H3/t8-/m0/s1. The summed E-state index contributed by atoms with van der Waals surface area (Å²) < 4.78 is 62.3. The highest BCUT2D eigenvalue weighted by Crippen LogP contribution is 2.39. The molecule has 0 aliphatic carbocycles.